The van der Waals surface area contributed by atoms with E-state index >= 15 is 0 Å². The van der Waals surface area contributed by atoms with Gasteiger partial charge in [0.2, 0.25) is 5.91 Å². The highest BCUT2D eigenvalue weighted by atomic mass is 79.9. The highest BCUT2D eigenvalue weighted by Gasteiger charge is 2.18. The number of rotatable bonds is 7. The standard InChI is InChI=1S/C12H14BrNO5/c1-18-7-6-9(12(16)17)14-11(15)5-3-8-2-4-10(13)19-8/h2-5,9H,6-7H2,1H3,(H,14,15)(H,16,17)/b5-3+. The number of hydrogen-bond acceptors (Lipinski definition) is 4. The van der Waals surface area contributed by atoms with Gasteiger partial charge in [-0.1, -0.05) is 0 Å². The lowest BCUT2D eigenvalue weighted by atomic mass is 10.2. The Hall–Kier alpha value is -1.60. The van der Waals surface area contributed by atoms with E-state index in [0.29, 0.717) is 10.4 Å². The summed E-state index contributed by atoms with van der Waals surface area (Å²) in [7, 11) is 1.47. The average Bonchev–Trinajstić information content (AvgIpc) is 2.77. The van der Waals surface area contributed by atoms with Gasteiger partial charge in [0.1, 0.15) is 11.8 Å². The molecule has 1 amide bonds. The normalized spacial score (nSPS) is 12.5. The number of carbonyl (C=O) groups is 2. The van der Waals surface area contributed by atoms with Gasteiger partial charge in [0, 0.05) is 26.2 Å². The van der Waals surface area contributed by atoms with Crippen molar-refractivity contribution in [2.24, 2.45) is 0 Å². The molecule has 0 radical (unpaired) electrons. The van der Waals surface area contributed by atoms with Crippen LogP contribution in [0, 0.1) is 0 Å². The maximum Gasteiger partial charge on any atom is 0.326 e. The third-order valence-electron chi connectivity index (χ3n) is 2.22. The Kier molecular flexibility index (Phi) is 6.31. The number of carbonyl (C=O) groups excluding carboxylic acids is 1. The molecule has 1 aromatic rings. The summed E-state index contributed by atoms with van der Waals surface area (Å²) in [5.74, 6) is -1.11. The molecule has 1 atom stereocenters. The summed E-state index contributed by atoms with van der Waals surface area (Å²) in [4.78, 5) is 22.4. The first-order chi connectivity index (χ1) is 9.02. The third kappa shape index (κ3) is 5.71. The van der Waals surface area contributed by atoms with Gasteiger partial charge in [-0.05, 0) is 34.1 Å². The highest BCUT2D eigenvalue weighted by Crippen LogP contribution is 2.14. The maximum atomic E-state index is 11.5. The molecular weight excluding hydrogens is 318 g/mol. The van der Waals surface area contributed by atoms with E-state index in [1.54, 1.807) is 12.1 Å². The molecule has 0 saturated carbocycles. The van der Waals surface area contributed by atoms with Gasteiger partial charge in [-0.15, -0.1) is 0 Å². The van der Waals surface area contributed by atoms with Crippen LogP contribution in [0.3, 0.4) is 0 Å². The van der Waals surface area contributed by atoms with Gasteiger partial charge in [0.05, 0.1) is 0 Å². The smallest absolute Gasteiger partial charge is 0.326 e. The first kappa shape index (κ1) is 15.5. The number of amides is 1. The molecule has 0 aliphatic carbocycles. The van der Waals surface area contributed by atoms with Crippen molar-refractivity contribution in [3.05, 3.63) is 28.6 Å². The lowest BCUT2D eigenvalue weighted by Gasteiger charge is -2.12. The van der Waals surface area contributed by atoms with Crippen molar-refractivity contribution < 1.29 is 23.8 Å². The Morgan fingerprint density at radius 3 is 2.84 bits per heavy atom. The second kappa shape index (κ2) is 7.75. The van der Waals surface area contributed by atoms with Crippen molar-refractivity contribution in [3.63, 3.8) is 0 Å². The van der Waals surface area contributed by atoms with Crippen LogP contribution in [0.2, 0.25) is 0 Å². The number of nitrogens with one attached hydrogen (secondary N) is 1. The molecule has 0 aromatic carbocycles. The van der Waals surface area contributed by atoms with E-state index in [2.05, 4.69) is 21.2 Å². The van der Waals surface area contributed by atoms with Crippen molar-refractivity contribution in [2.45, 2.75) is 12.5 Å². The van der Waals surface area contributed by atoms with Crippen LogP contribution >= 0.6 is 15.9 Å². The maximum absolute atomic E-state index is 11.5. The molecule has 1 rings (SSSR count). The predicted molar refractivity (Wildman–Crippen MR) is 71.5 cm³/mol. The van der Waals surface area contributed by atoms with E-state index in [1.807, 2.05) is 0 Å². The Balaban J connectivity index is 2.52. The predicted octanol–water partition coefficient (Wildman–Crippen LogP) is 1.66. The molecule has 0 aliphatic heterocycles. The summed E-state index contributed by atoms with van der Waals surface area (Å²) in [6.07, 6.45) is 2.88. The van der Waals surface area contributed by atoms with Crippen LogP contribution in [-0.2, 0) is 14.3 Å². The number of carboxylic acids is 1. The molecule has 0 bridgehead atoms. The largest absolute Gasteiger partial charge is 0.480 e. The van der Waals surface area contributed by atoms with Gasteiger partial charge >= 0.3 is 5.97 Å². The Labute approximate surface area is 118 Å². The highest BCUT2D eigenvalue weighted by molar-refractivity contribution is 9.10. The molecule has 0 saturated heterocycles. The van der Waals surface area contributed by atoms with Crippen molar-refractivity contribution >= 4 is 33.9 Å². The molecule has 2 N–H and O–H groups in total. The zero-order valence-electron chi connectivity index (χ0n) is 10.3. The van der Waals surface area contributed by atoms with Crippen molar-refractivity contribution in [1.29, 1.82) is 0 Å². The van der Waals surface area contributed by atoms with Crippen LogP contribution in [0.1, 0.15) is 12.2 Å². The van der Waals surface area contributed by atoms with E-state index in [0.717, 1.165) is 0 Å². The van der Waals surface area contributed by atoms with Crippen LogP contribution < -0.4 is 5.32 Å². The van der Waals surface area contributed by atoms with E-state index in [4.69, 9.17) is 14.3 Å². The number of halogens is 1. The first-order valence-electron chi connectivity index (χ1n) is 5.48. The van der Waals surface area contributed by atoms with Crippen LogP contribution in [0.5, 0.6) is 0 Å². The average molecular weight is 332 g/mol. The van der Waals surface area contributed by atoms with Crippen LogP contribution in [0.15, 0.2) is 27.3 Å². The van der Waals surface area contributed by atoms with Crippen molar-refractivity contribution in [1.82, 2.24) is 5.32 Å². The van der Waals surface area contributed by atoms with E-state index in [1.165, 1.54) is 19.3 Å². The Morgan fingerprint density at radius 1 is 1.58 bits per heavy atom. The minimum absolute atomic E-state index is 0.206. The number of aliphatic carboxylic acids is 1. The molecule has 6 nitrogen and oxygen atoms in total. The molecule has 19 heavy (non-hydrogen) atoms. The zero-order chi connectivity index (χ0) is 14.3. The van der Waals surface area contributed by atoms with E-state index in [9.17, 15) is 9.59 Å². The fourth-order valence-electron chi connectivity index (χ4n) is 1.29. The number of methoxy groups -OCH3 is 1. The van der Waals surface area contributed by atoms with E-state index in [-0.39, 0.29) is 13.0 Å². The zero-order valence-corrected chi connectivity index (χ0v) is 11.8. The molecule has 7 heteroatoms. The molecule has 104 valence electrons. The van der Waals surface area contributed by atoms with Crippen molar-refractivity contribution in [3.8, 4) is 0 Å². The fourth-order valence-corrected chi connectivity index (χ4v) is 1.61. The molecule has 0 spiro atoms. The summed E-state index contributed by atoms with van der Waals surface area (Å²) in [6.45, 7) is 0.256. The Bertz CT molecular complexity index is 468. The van der Waals surface area contributed by atoms with Crippen LogP contribution in [0.25, 0.3) is 6.08 Å². The molecule has 1 aromatic heterocycles. The van der Waals surface area contributed by atoms with Crippen LogP contribution in [0.4, 0.5) is 0 Å². The van der Waals surface area contributed by atoms with Gasteiger partial charge in [-0.3, -0.25) is 4.79 Å². The molecule has 1 unspecified atom stereocenters. The number of hydrogen-bond donors (Lipinski definition) is 2. The van der Waals surface area contributed by atoms with Gasteiger partial charge in [0.15, 0.2) is 4.67 Å². The lowest BCUT2D eigenvalue weighted by molar-refractivity contribution is -0.141. The number of carboxylic acid groups (broad SMARTS) is 1. The fraction of sp³-hybridized carbons (Fsp3) is 0.333. The number of furan rings is 1. The van der Waals surface area contributed by atoms with Crippen molar-refractivity contribution in [2.75, 3.05) is 13.7 Å². The Morgan fingerprint density at radius 2 is 2.32 bits per heavy atom. The first-order valence-corrected chi connectivity index (χ1v) is 6.28. The van der Waals surface area contributed by atoms with Gasteiger partial charge in [-0.2, -0.15) is 0 Å². The topological polar surface area (TPSA) is 88.8 Å². The minimum atomic E-state index is -1.10. The monoisotopic (exact) mass is 331 g/mol. The number of ether oxygens (including phenoxy) is 1. The van der Waals surface area contributed by atoms with Crippen LogP contribution in [-0.4, -0.2) is 36.7 Å². The summed E-state index contributed by atoms with van der Waals surface area (Å²) in [5, 5.41) is 11.3. The second-order valence-corrected chi connectivity index (χ2v) is 4.44. The summed E-state index contributed by atoms with van der Waals surface area (Å²) in [6, 6.07) is 2.39. The SMILES string of the molecule is COCCC(NC(=O)/C=C/c1ccc(Br)o1)C(=O)O. The van der Waals surface area contributed by atoms with Gasteiger partial charge in [0.25, 0.3) is 0 Å². The van der Waals surface area contributed by atoms with Gasteiger partial charge in [-0.25, -0.2) is 4.79 Å². The third-order valence-corrected chi connectivity index (χ3v) is 2.64. The molecule has 0 aliphatic rings. The summed E-state index contributed by atoms with van der Waals surface area (Å²) in [5.41, 5.74) is 0. The summed E-state index contributed by atoms with van der Waals surface area (Å²) < 4.78 is 10.5. The molecular formula is C12H14BrNO5. The minimum Gasteiger partial charge on any atom is -0.480 e. The molecule has 0 fully saturated rings. The molecule has 1 heterocycles. The van der Waals surface area contributed by atoms with Gasteiger partial charge < -0.3 is 19.6 Å². The summed E-state index contributed by atoms with van der Waals surface area (Å²) >= 11 is 3.13. The van der Waals surface area contributed by atoms with E-state index < -0.39 is 17.9 Å². The lowest BCUT2D eigenvalue weighted by Crippen LogP contribution is -2.40. The second-order valence-electron chi connectivity index (χ2n) is 3.66. The quantitative estimate of drug-likeness (QED) is 0.742.